The highest BCUT2D eigenvalue weighted by atomic mass is 79.9. The van der Waals surface area contributed by atoms with Crippen LogP contribution in [-0.4, -0.2) is 32.8 Å². The van der Waals surface area contributed by atoms with Crippen molar-refractivity contribution in [3.05, 3.63) is 58.1 Å². The first-order chi connectivity index (χ1) is 15.4. The number of hydrogen-bond donors (Lipinski definition) is 2. The molecule has 1 amide bonds. The molecule has 0 aromatic heterocycles. The number of carbonyl (C=O) groups is 1. The van der Waals surface area contributed by atoms with E-state index in [1.165, 1.54) is 0 Å². The molecule has 168 valence electrons. The number of terminal acetylenes is 1. The summed E-state index contributed by atoms with van der Waals surface area (Å²) < 4.78 is 17.5. The summed E-state index contributed by atoms with van der Waals surface area (Å²) in [6.45, 7) is 2.59. The number of hydrogen-bond acceptors (Lipinski definition) is 5. The van der Waals surface area contributed by atoms with Crippen LogP contribution >= 0.6 is 28.6 Å². The van der Waals surface area contributed by atoms with Gasteiger partial charge in [0, 0.05) is 23.0 Å². The molecule has 0 aliphatic rings. The lowest BCUT2D eigenvalue weighted by molar-refractivity contribution is -0.135. The number of halogens is 1. The fourth-order valence-electron chi connectivity index (χ4n) is 2.82. The van der Waals surface area contributed by atoms with Gasteiger partial charge in [-0.15, -0.1) is 25.0 Å². The van der Waals surface area contributed by atoms with Crippen molar-refractivity contribution in [3.8, 4) is 35.7 Å². The van der Waals surface area contributed by atoms with Gasteiger partial charge in [-0.3, -0.25) is 4.79 Å². The number of thiol groups is 1. The second-order valence-electron chi connectivity index (χ2n) is 6.63. The molecule has 32 heavy (non-hydrogen) atoms. The molecule has 0 aliphatic heterocycles. The lowest BCUT2D eigenvalue weighted by Crippen LogP contribution is -2.43. The van der Waals surface area contributed by atoms with E-state index in [4.69, 9.17) is 20.6 Å². The first-order valence-corrected chi connectivity index (χ1v) is 11.3. The Kier molecular flexibility index (Phi) is 10.5. The molecular formula is C25H26BrNO4S. The maximum absolute atomic E-state index is 13.1. The summed E-state index contributed by atoms with van der Waals surface area (Å²) in [5.74, 6) is 9.05. The van der Waals surface area contributed by atoms with Gasteiger partial charge in [-0.05, 0) is 36.2 Å². The molecule has 1 atom stereocenters. The lowest BCUT2D eigenvalue weighted by Gasteiger charge is -2.27. The zero-order chi connectivity index (χ0) is 23.4. The quantitative estimate of drug-likeness (QED) is 0.280. The summed E-state index contributed by atoms with van der Waals surface area (Å²) in [6.07, 6.45) is 6.53. The average Bonchev–Trinajstić information content (AvgIpc) is 2.81. The average molecular weight is 516 g/mol. The number of methoxy groups -OCH3 is 1. The van der Waals surface area contributed by atoms with Crippen molar-refractivity contribution < 1.29 is 19.0 Å². The van der Waals surface area contributed by atoms with E-state index in [0.717, 1.165) is 10.0 Å². The summed E-state index contributed by atoms with van der Waals surface area (Å²) in [6, 6.07) is 12.8. The van der Waals surface area contributed by atoms with Crippen molar-refractivity contribution >= 4 is 34.5 Å². The van der Waals surface area contributed by atoms with Crippen LogP contribution in [0.25, 0.3) is 0 Å². The SMILES string of the molecule is C#CCOc1ccc(CCNC(=O)C(S)(OCC#CCC)c2ccc(Br)cc2)cc1OC. The summed E-state index contributed by atoms with van der Waals surface area (Å²) in [5.41, 5.74) is 1.59. The minimum Gasteiger partial charge on any atom is -0.493 e. The number of rotatable bonds is 10. The minimum absolute atomic E-state index is 0.0944. The molecule has 2 aromatic carbocycles. The van der Waals surface area contributed by atoms with E-state index in [2.05, 4.69) is 51.6 Å². The van der Waals surface area contributed by atoms with Crippen LogP contribution in [0, 0.1) is 24.2 Å². The van der Waals surface area contributed by atoms with Crippen molar-refractivity contribution in [2.45, 2.75) is 24.7 Å². The summed E-state index contributed by atoms with van der Waals surface area (Å²) in [4.78, 5) is 11.6. The predicted octanol–water partition coefficient (Wildman–Crippen LogP) is 4.34. The zero-order valence-corrected chi connectivity index (χ0v) is 20.6. The van der Waals surface area contributed by atoms with Gasteiger partial charge in [0.2, 0.25) is 4.93 Å². The van der Waals surface area contributed by atoms with E-state index in [0.29, 0.717) is 36.4 Å². The highest BCUT2D eigenvalue weighted by Crippen LogP contribution is 2.32. The van der Waals surface area contributed by atoms with Gasteiger partial charge in [0.1, 0.15) is 13.2 Å². The molecule has 7 heteroatoms. The summed E-state index contributed by atoms with van der Waals surface area (Å²) in [7, 11) is 1.57. The van der Waals surface area contributed by atoms with Crippen molar-refractivity contribution in [3.63, 3.8) is 0 Å². The van der Waals surface area contributed by atoms with Gasteiger partial charge >= 0.3 is 0 Å². The van der Waals surface area contributed by atoms with Gasteiger partial charge in [0.15, 0.2) is 11.5 Å². The van der Waals surface area contributed by atoms with Crippen molar-refractivity contribution in [1.82, 2.24) is 5.32 Å². The Morgan fingerprint density at radius 1 is 1.16 bits per heavy atom. The maximum atomic E-state index is 13.1. The Morgan fingerprint density at radius 3 is 2.56 bits per heavy atom. The van der Waals surface area contributed by atoms with E-state index in [9.17, 15) is 4.79 Å². The molecule has 0 spiro atoms. The lowest BCUT2D eigenvalue weighted by atomic mass is 10.1. The van der Waals surface area contributed by atoms with Crippen LogP contribution < -0.4 is 14.8 Å². The van der Waals surface area contributed by atoms with E-state index in [1.807, 2.05) is 31.2 Å². The third kappa shape index (κ3) is 7.24. The second-order valence-corrected chi connectivity index (χ2v) is 8.18. The van der Waals surface area contributed by atoms with Crippen molar-refractivity contribution in [2.24, 2.45) is 0 Å². The number of nitrogens with one attached hydrogen (secondary N) is 1. The first kappa shape index (κ1) is 25.7. The van der Waals surface area contributed by atoms with E-state index < -0.39 is 4.93 Å². The molecule has 1 N–H and O–H groups in total. The molecule has 0 aliphatic carbocycles. The normalized spacial score (nSPS) is 12.0. The molecule has 0 radical (unpaired) electrons. The molecule has 0 bridgehead atoms. The minimum atomic E-state index is -1.46. The third-order valence-electron chi connectivity index (χ3n) is 4.44. The molecule has 2 rings (SSSR count). The van der Waals surface area contributed by atoms with Gasteiger partial charge in [-0.2, -0.15) is 0 Å². The van der Waals surface area contributed by atoms with Crippen LogP contribution in [0.5, 0.6) is 11.5 Å². The van der Waals surface area contributed by atoms with Crippen LogP contribution in [0.15, 0.2) is 46.9 Å². The topological polar surface area (TPSA) is 56.8 Å². The summed E-state index contributed by atoms with van der Waals surface area (Å²) >= 11 is 8.01. The van der Waals surface area contributed by atoms with Gasteiger partial charge < -0.3 is 19.5 Å². The number of benzene rings is 2. The third-order valence-corrected chi connectivity index (χ3v) is 5.56. The number of carbonyl (C=O) groups excluding carboxylic acids is 1. The summed E-state index contributed by atoms with van der Waals surface area (Å²) in [5, 5.41) is 2.91. The Hall–Kier alpha value is -2.58. The first-order valence-electron chi connectivity index (χ1n) is 10.0. The van der Waals surface area contributed by atoms with Crippen LogP contribution in [0.2, 0.25) is 0 Å². The maximum Gasteiger partial charge on any atom is 0.267 e. The largest absolute Gasteiger partial charge is 0.493 e. The highest BCUT2D eigenvalue weighted by Gasteiger charge is 2.37. The van der Waals surface area contributed by atoms with Crippen LogP contribution in [-0.2, 0) is 20.9 Å². The smallest absolute Gasteiger partial charge is 0.267 e. The Labute approximate surface area is 203 Å². The molecular weight excluding hydrogens is 490 g/mol. The monoisotopic (exact) mass is 515 g/mol. The van der Waals surface area contributed by atoms with Gasteiger partial charge in [0.25, 0.3) is 5.91 Å². The van der Waals surface area contributed by atoms with Crippen molar-refractivity contribution in [1.29, 1.82) is 0 Å². The Morgan fingerprint density at radius 2 is 1.91 bits per heavy atom. The predicted molar refractivity (Wildman–Crippen MR) is 133 cm³/mol. The molecule has 0 heterocycles. The zero-order valence-electron chi connectivity index (χ0n) is 18.1. The molecule has 0 saturated heterocycles. The fourth-order valence-corrected chi connectivity index (χ4v) is 3.38. The van der Waals surface area contributed by atoms with Gasteiger partial charge in [-0.25, -0.2) is 0 Å². The van der Waals surface area contributed by atoms with E-state index in [-0.39, 0.29) is 19.1 Å². The molecule has 1 unspecified atom stereocenters. The highest BCUT2D eigenvalue weighted by molar-refractivity contribution is 9.10. The van der Waals surface area contributed by atoms with E-state index >= 15 is 0 Å². The van der Waals surface area contributed by atoms with Crippen LogP contribution in [0.4, 0.5) is 0 Å². The Balaban J connectivity index is 2.08. The van der Waals surface area contributed by atoms with Gasteiger partial charge in [0.05, 0.1) is 7.11 Å². The fraction of sp³-hybridized carbons (Fsp3) is 0.320. The van der Waals surface area contributed by atoms with Gasteiger partial charge in [-0.1, -0.05) is 52.9 Å². The van der Waals surface area contributed by atoms with Crippen LogP contribution in [0.3, 0.4) is 0 Å². The Bertz CT molecular complexity index is 1010. The van der Waals surface area contributed by atoms with E-state index in [1.54, 1.807) is 25.3 Å². The standard InChI is InChI=1S/C25H26BrNO4S/c1-4-6-7-17-31-25(32,20-9-11-21(26)12-10-20)24(28)27-15-14-19-8-13-22(30-16-5-2)23(18-19)29-3/h2,8-13,18,32H,4,14-17H2,1,3H3,(H,27,28). The molecule has 5 nitrogen and oxygen atoms in total. The van der Waals surface area contributed by atoms with Crippen molar-refractivity contribution in [2.75, 3.05) is 26.9 Å². The number of ether oxygens (including phenoxy) is 3. The molecule has 2 aromatic rings. The van der Waals surface area contributed by atoms with Crippen LogP contribution in [0.1, 0.15) is 24.5 Å². The molecule has 0 saturated carbocycles. The molecule has 0 fully saturated rings. The number of amides is 1. The second kappa shape index (κ2) is 13.1.